The molecule has 2 aromatic rings. The van der Waals surface area contributed by atoms with Gasteiger partial charge in [0.15, 0.2) is 6.17 Å². The van der Waals surface area contributed by atoms with Gasteiger partial charge >= 0.3 is 0 Å². The Hall–Kier alpha value is -2.69. The normalized spacial score (nSPS) is 11.5. The zero-order chi connectivity index (χ0) is 11.4. The van der Waals surface area contributed by atoms with Gasteiger partial charge in [0.25, 0.3) is 0 Å². The molecule has 0 N–H and O–H groups in total. The molecule has 2 aromatic heterocycles. The summed E-state index contributed by atoms with van der Waals surface area (Å²) in [7, 11) is 0. The molecule has 0 aliphatic carbocycles. The number of azide groups is 1. The van der Waals surface area contributed by atoms with Gasteiger partial charge in [0.1, 0.15) is 5.65 Å². The summed E-state index contributed by atoms with van der Waals surface area (Å²) in [6, 6.07) is 5.48. The molecule has 0 fully saturated rings. The minimum Gasteiger partial charge on any atom is -0.307 e. The van der Waals surface area contributed by atoms with Crippen LogP contribution < -0.4 is 0 Å². The van der Waals surface area contributed by atoms with Crippen LogP contribution in [0.2, 0.25) is 0 Å². The molecule has 0 bridgehead atoms. The monoisotopic (exact) mass is 214 g/mol. The Morgan fingerprint density at radius 3 is 2.62 bits per heavy atom. The average Bonchev–Trinajstić information content (AvgIpc) is 2.72. The molecule has 0 radical (unpaired) electrons. The first-order valence-electron chi connectivity index (χ1n) is 4.37. The summed E-state index contributed by atoms with van der Waals surface area (Å²) in [4.78, 5) is 9.41. The predicted octanol–water partition coefficient (Wildman–Crippen LogP) is 2.95. The second-order valence-electron chi connectivity index (χ2n) is 2.92. The highest BCUT2D eigenvalue weighted by Crippen LogP contribution is 2.19. The highest BCUT2D eigenvalue weighted by molar-refractivity contribution is 5.39. The van der Waals surface area contributed by atoms with Crippen molar-refractivity contribution < 1.29 is 0 Å². The van der Waals surface area contributed by atoms with Gasteiger partial charge in [-0.1, -0.05) is 16.3 Å². The molecular weight excluding hydrogens is 208 g/mol. The van der Waals surface area contributed by atoms with Crippen LogP contribution in [0, 0.1) is 0 Å². The maximum atomic E-state index is 8.34. The van der Waals surface area contributed by atoms with E-state index in [1.165, 1.54) is 0 Å². The Balaban J connectivity index is 2.52. The van der Waals surface area contributed by atoms with Crippen LogP contribution in [0.5, 0.6) is 0 Å². The van der Waals surface area contributed by atoms with Gasteiger partial charge in [-0.25, -0.2) is 4.98 Å². The minimum absolute atomic E-state index is 0.418. The number of rotatable bonds is 3. The molecule has 0 aromatic carbocycles. The number of imidazole rings is 1. The summed E-state index contributed by atoms with van der Waals surface area (Å²) in [6.07, 6.45) is 2.51. The molecule has 8 nitrogen and oxygen atoms in total. The van der Waals surface area contributed by atoms with E-state index in [-0.39, 0.29) is 0 Å². The van der Waals surface area contributed by atoms with Crippen LogP contribution in [-0.4, -0.2) is 9.38 Å². The minimum atomic E-state index is -0.949. The zero-order valence-corrected chi connectivity index (χ0v) is 8.04. The second kappa shape index (κ2) is 4.22. The van der Waals surface area contributed by atoms with E-state index in [9.17, 15) is 0 Å². The molecular formula is C8H6N8. The fourth-order valence-corrected chi connectivity index (χ4v) is 1.32. The number of nitrogens with zero attached hydrogens (tertiary/aromatic N) is 8. The standard InChI is InChI=1S/C8H6N8/c9-14-12-8(13-15-10)6-5-16-4-2-1-3-7(16)11-6/h1-5,8H. The fourth-order valence-electron chi connectivity index (χ4n) is 1.32. The van der Waals surface area contributed by atoms with Crippen LogP contribution in [0.15, 0.2) is 40.8 Å². The van der Waals surface area contributed by atoms with Gasteiger partial charge in [-0.15, -0.1) is 0 Å². The smallest absolute Gasteiger partial charge is 0.159 e. The summed E-state index contributed by atoms with van der Waals surface area (Å²) in [6.45, 7) is 0. The number of hydrogen-bond donors (Lipinski definition) is 0. The summed E-state index contributed by atoms with van der Waals surface area (Å²) >= 11 is 0. The van der Waals surface area contributed by atoms with Gasteiger partial charge in [-0.2, -0.15) is 0 Å². The van der Waals surface area contributed by atoms with E-state index in [1.807, 2.05) is 12.1 Å². The molecule has 0 unspecified atom stereocenters. The number of aromatic nitrogens is 2. The van der Waals surface area contributed by atoms with Crippen molar-refractivity contribution in [3.05, 3.63) is 57.2 Å². The molecule has 16 heavy (non-hydrogen) atoms. The fraction of sp³-hybridized carbons (Fsp3) is 0.125. The lowest BCUT2D eigenvalue weighted by Crippen LogP contribution is -1.88. The number of pyridine rings is 1. The van der Waals surface area contributed by atoms with Gasteiger partial charge in [0, 0.05) is 22.2 Å². The van der Waals surface area contributed by atoms with Crippen LogP contribution in [0.1, 0.15) is 11.9 Å². The van der Waals surface area contributed by atoms with Gasteiger partial charge in [-0.05, 0) is 23.2 Å². The predicted molar refractivity (Wildman–Crippen MR) is 56.2 cm³/mol. The molecule has 2 rings (SSSR count). The molecule has 0 saturated heterocycles. The van der Waals surface area contributed by atoms with Crippen molar-refractivity contribution in [1.82, 2.24) is 9.38 Å². The van der Waals surface area contributed by atoms with E-state index in [4.69, 9.17) is 11.1 Å². The summed E-state index contributed by atoms with van der Waals surface area (Å²) < 4.78 is 1.75. The number of hydrogen-bond acceptors (Lipinski definition) is 3. The third-order valence-electron chi connectivity index (χ3n) is 1.97. The highest BCUT2D eigenvalue weighted by Gasteiger charge is 2.11. The molecule has 0 spiro atoms. The van der Waals surface area contributed by atoms with Crippen molar-refractivity contribution in [3.8, 4) is 0 Å². The van der Waals surface area contributed by atoms with E-state index < -0.39 is 6.17 Å². The Labute approximate surface area is 89.4 Å². The molecule has 0 atom stereocenters. The van der Waals surface area contributed by atoms with Crippen LogP contribution >= 0.6 is 0 Å². The lowest BCUT2D eigenvalue weighted by molar-refractivity contribution is 0.734. The van der Waals surface area contributed by atoms with Crippen molar-refractivity contribution in [2.24, 2.45) is 10.2 Å². The molecule has 8 heteroatoms. The maximum absolute atomic E-state index is 8.34. The topological polar surface area (TPSA) is 115 Å². The SMILES string of the molecule is [N-]=[N+]=NC(N=[N+]=[N-])c1cn2ccccc2n1. The second-order valence-corrected chi connectivity index (χ2v) is 2.92. The first-order valence-corrected chi connectivity index (χ1v) is 4.37. The van der Waals surface area contributed by atoms with E-state index in [0.717, 1.165) is 0 Å². The molecule has 0 amide bonds. The summed E-state index contributed by atoms with van der Waals surface area (Å²) in [5, 5.41) is 6.73. The van der Waals surface area contributed by atoms with Gasteiger partial charge in [-0.3, -0.25) is 0 Å². The lowest BCUT2D eigenvalue weighted by Gasteiger charge is -1.95. The third kappa shape index (κ3) is 1.74. The first kappa shape index (κ1) is 9.85. The van der Waals surface area contributed by atoms with E-state index in [1.54, 1.807) is 22.9 Å². The zero-order valence-electron chi connectivity index (χ0n) is 8.04. The van der Waals surface area contributed by atoms with Crippen LogP contribution in [0.25, 0.3) is 26.5 Å². The van der Waals surface area contributed by atoms with E-state index >= 15 is 0 Å². The van der Waals surface area contributed by atoms with Crippen LogP contribution in [0.3, 0.4) is 0 Å². The van der Waals surface area contributed by atoms with E-state index in [2.05, 4.69) is 25.0 Å². The van der Waals surface area contributed by atoms with Crippen molar-refractivity contribution >= 4 is 5.65 Å². The Bertz CT molecular complexity index is 550. The summed E-state index contributed by atoms with van der Waals surface area (Å²) in [5.41, 5.74) is 17.8. The van der Waals surface area contributed by atoms with Gasteiger partial charge in [0.05, 0.1) is 5.69 Å². The van der Waals surface area contributed by atoms with Crippen molar-refractivity contribution in [1.29, 1.82) is 0 Å². The molecule has 0 aliphatic rings. The Kier molecular flexibility index (Phi) is 2.60. The lowest BCUT2D eigenvalue weighted by atomic mass is 10.4. The quantitative estimate of drug-likeness (QED) is 0.436. The van der Waals surface area contributed by atoms with E-state index in [0.29, 0.717) is 11.3 Å². The summed E-state index contributed by atoms with van der Waals surface area (Å²) in [5.74, 6) is 0. The first-order chi connectivity index (χ1) is 7.85. The largest absolute Gasteiger partial charge is 0.307 e. The van der Waals surface area contributed by atoms with Crippen molar-refractivity contribution in [2.45, 2.75) is 6.17 Å². The maximum Gasteiger partial charge on any atom is 0.159 e. The van der Waals surface area contributed by atoms with Gasteiger partial charge < -0.3 is 4.40 Å². The average molecular weight is 214 g/mol. The van der Waals surface area contributed by atoms with Crippen LogP contribution in [-0.2, 0) is 0 Å². The molecule has 2 heterocycles. The third-order valence-corrected chi connectivity index (χ3v) is 1.97. The molecule has 78 valence electrons. The number of fused-ring (bicyclic) bond motifs is 1. The highest BCUT2D eigenvalue weighted by atomic mass is 15.3. The van der Waals surface area contributed by atoms with Crippen molar-refractivity contribution in [3.63, 3.8) is 0 Å². The molecule has 0 saturated carbocycles. The Morgan fingerprint density at radius 2 is 2.00 bits per heavy atom. The van der Waals surface area contributed by atoms with Crippen LogP contribution in [0.4, 0.5) is 0 Å². The van der Waals surface area contributed by atoms with Crippen molar-refractivity contribution in [2.75, 3.05) is 0 Å². The van der Waals surface area contributed by atoms with Gasteiger partial charge in [0.2, 0.25) is 0 Å². The molecule has 0 aliphatic heterocycles. The Morgan fingerprint density at radius 1 is 1.25 bits per heavy atom.